The van der Waals surface area contributed by atoms with Crippen molar-refractivity contribution in [2.24, 2.45) is 0 Å². The number of ether oxygens (including phenoxy) is 1. The van der Waals surface area contributed by atoms with Gasteiger partial charge in [0, 0.05) is 24.4 Å². The molecule has 0 aliphatic heterocycles. The van der Waals surface area contributed by atoms with Crippen LogP contribution in [0.2, 0.25) is 0 Å². The van der Waals surface area contributed by atoms with Crippen LogP contribution in [-0.4, -0.2) is 25.7 Å². The van der Waals surface area contributed by atoms with Crippen LogP contribution in [0.5, 0.6) is 0 Å². The van der Waals surface area contributed by atoms with Crippen LogP contribution in [0.1, 0.15) is 53.6 Å². The van der Waals surface area contributed by atoms with Crippen LogP contribution in [0.15, 0.2) is 0 Å². The van der Waals surface area contributed by atoms with E-state index in [0.29, 0.717) is 5.92 Å². The van der Waals surface area contributed by atoms with E-state index in [1.165, 1.54) is 41.3 Å². The maximum absolute atomic E-state index is 5.77. The molecular formula is C14H22N2OS. The zero-order valence-corrected chi connectivity index (χ0v) is 12.1. The number of likely N-dealkylation sites (N-methyl/N-ethyl adjacent to an activating group) is 1. The van der Waals surface area contributed by atoms with Crippen molar-refractivity contribution in [3.63, 3.8) is 0 Å². The van der Waals surface area contributed by atoms with Crippen LogP contribution in [0, 0.1) is 0 Å². The molecule has 0 aromatic carbocycles. The average Bonchev–Trinajstić information content (AvgIpc) is 2.74. The van der Waals surface area contributed by atoms with Crippen LogP contribution < -0.4 is 5.32 Å². The van der Waals surface area contributed by atoms with Crippen LogP contribution in [0.4, 0.5) is 0 Å². The number of rotatable bonds is 4. The van der Waals surface area contributed by atoms with E-state index in [4.69, 9.17) is 9.72 Å². The van der Waals surface area contributed by atoms with Gasteiger partial charge in [0.1, 0.15) is 10.6 Å². The fourth-order valence-electron chi connectivity index (χ4n) is 3.15. The van der Waals surface area contributed by atoms with Crippen molar-refractivity contribution in [3.8, 4) is 0 Å². The van der Waals surface area contributed by atoms with Gasteiger partial charge in [-0.1, -0.05) is 0 Å². The van der Waals surface area contributed by atoms with E-state index >= 15 is 0 Å². The van der Waals surface area contributed by atoms with Crippen LogP contribution >= 0.6 is 11.3 Å². The highest BCUT2D eigenvalue weighted by atomic mass is 32.1. The third kappa shape index (κ3) is 1.91. The molecule has 0 saturated heterocycles. The summed E-state index contributed by atoms with van der Waals surface area (Å²) in [5, 5.41) is 4.54. The smallest absolute Gasteiger partial charge is 0.125 e. The van der Waals surface area contributed by atoms with Crippen molar-refractivity contribution < 1.29 is 4.74 Å². The zero-order valence-electron chi connectivity index (χ0n) is 11.3. The standard InChI is InChI=1S/C14H22N2OS/c1-15-9-10-5-3-6-11-12(10)16-13(18-11)14(17-2)7-4-8-14/h10,15H,3-9H2,1-2H3. The molecule has 1 fully saturated rings. The Morgan fingerprint density at radius 1 is 1.44 bits per heavy atom. The van der Waals surface area contributed by atoms with E-state index < -0.39 is 0 Å². The molecule has 3 nitrogen and oxygen atoms in total. The van der Waals surface area contributed by atoms with Crippen LogP contribution in [0.3, 0.4) is 0 Å². The minimum absolute atomic E-state index is 0.0355. The lowest BCUT2D eigenvalue weighted by Crippen LogP contribution is -2.36. The first-order chi connectivity index (χ1) is 8.79. The molecule has 1 aromatic rings. The van der Waals surface area contributed by atoms with Gasteiger partial charge in [0.05, 0.1) is 5.69 Å². The van der Waals surface area contributed by atoms with Gasteiger partial charge >= 0.3 is 0 Å². The van der Waals surface area contributed by atoms with E-state index in [9.17, 15) is 0 Å². The summed E-state index contributed by atoms with van der Waals surface area (Å²) < 4.78 is 5.77. The Bertz CT molecular complexity index is 420. The average molecular weight is 266 g/mol. The normalized spacial score (nSPS) is 25.6. The lowest BCUT2D eigenvalue weighted by Gasteiger charge is -2.38. The van der Waals surface area contributed by atoms with E-state index in [2.05, 4.69) is 5.32 Å². The molecule has 0 amide bonds. The summed E-state index contributed by atoms with van der Waals surface area (Å²) in [5.41, 5.74) is 1.32. The van der Waals surface area contributed by atoms with Gasteiger partial charge < -0.3 is 10.1 Å². The second-order valence-electron chi connectivity index (χ2n) is 5.53. The minimum Gasteiger partial charge on any atom is -0.371 e. The number of fused-ring (bicyclic) bond motifs is 1. The SMILES string of the molecule is CNCC1CCCc2sc(C3(OC)CCC3)nc21. The number of nitrogens with zero attached hydrogens (tertiary/aromatic N) is 1. The summed E-state index contributed by atoms with van der Waals surface area (Å²) >= 11 is 1.91. The first-order valence-corrected chi connectivity index (χ1v) is 7.80. The van der Waals surface area contributed by atoms with Crippen molar-refractivity contribution in [3.05, 3.63) is 15.6 Å². The largest absolute Gasteiger partial charge is 0.371 e. The van der Waals surface area contributed by atoms with Gasteiger partial charge in [-0.25, -0.2) is 4.98 Å². The molecule has 18 heavy (non-hydrogen) atoms. The Kier molecular flexibility index (Phi) is 3.43. The second kappa shape index (κ2) is 4.91. The number of hydrogen-bond donors (Lipinski definition) is 1. The molecule has 1 saturated carbocycles. The van der Waals surface area contributed by atoms with E-state index in [1.807, 2.05) is 25.5 Å². The summed E-state index contributed by atoms with van der Waals surface area (Å²) in [6.45, 7) is 1.05. The first kappa shape index (κ1) is 12.6. The van der Waals surface area contributed by atoms with Crippen molar-refractivity contribution >= 4 is 11.3 Å². The predicted molar refractivity (Wildman–Crippen MR) is 74.3 cm³/mol. The molecule has 100 valence electrons. The second-order valence-corrected chi connectivity index (χ2v) is 6.61. The Hall–Kier alpha value is -0.450. The highest BCUT2D eigenvalue weighted by Crippen LogP contribution is 2.48. The molecule has 2 aliphatic rings. The maximum Gasteiger partial charge on any atom is 0.125 e. The first-order valence-electron chi connectivity index (χ1n) is 6.99. The molecule has 0 spiro atoms. The number of methoxy groups -OCH3 is 1. The van der Waals surface area contributed by atoms with Gasteiger partial charge in [-0.3, -0.25) is 0 Å². The Balaban J connectivity index is 1.91. The van der Waals surface area contributed by atoms with Crippen molar-refractivity contribution in [2.45, 2.75) is 50.0 Å². The van der Waals surface area contributed by atoms with Gasteiger partial charge in [0.15, 0.2) is 0 Å². The summed E-state index contributed by atoms with van der Waals surface area (Å²) in [6, 6.07) is 0. The Morgan fingerprint density at radius 2 is 2.28 bits per heavy atom. The van der Waals surface area contributed by atoms with Crippen molar-refractivity contribution in [2.75, 3.05) is 20.7 Å². The van der Waals surface area contributed by atoms with Crippen LogP contribution in [0.25, 0.3) is 0 Å². The molecule has 1 unspecified atom stereocenters. The maximum atomic E-state index is 5.77. The van der Waals surface area contributed by atoms with Gasteiger partial charge in [-0.15, -0.1) is 11.3 Å². The number of aryl methyl sites for hydroxylation is 1. The summed E-state index contributed by atoms with van der Waals surface area (Å²) in [7, 11) is 3.87. The van der Waals surface area contributed by atoms with Crippen molar-refractivity contribution in [1.29, 1.82) is 0 Å². The zero-order chi connectivity index (χ0) is 12.6. The molecule has 4 heteroatoms. The van der Waals surface area contributed by atoms with Gasteiger partial charge in [-0.2, -0.15) is 0 Å². The molecule has 0 radical (unpaired) electrons. The molecule has 1 heterocycles. The number of thiazole rings is 1. The van der Waals surface area contributed by atoms with E-state index in [1.54, 1.807) is 0 Å². The fourth-order valence-corrected chi connectivity index (χ4v) is 4.56. The molecule has 1 N–H and O–H groups in total. The summed E-state index contributed by atoms with van der Waals surface area (Å²) in [4.78, 5) is 6.48. The Morgan fingerprint density at radius 3 is 2.89 bits per heavy atom. The molecule has 1 atom stereocenters. The molecule has 0 bridgehead atoms. The monoisotopic (exact) mass is 266 g/mol. The predicted octanol–water partition coefficient (Wildman–Crippen LogP) is 2.81. The minimum atomic E-state index is -0.0355. The quantitative estimate of drug-likeness (QED) is 0.910. The van der Waals surface area contributed by atoms with E-state index in [0.717, 1.165) is 19.4 Å². The lowest BCUT2D eigenvalue weighted by molar-refractivity contribution is -0.0780. The lowest BCUT2D eigenvalue weighted by atomic mass is 9.80. The molecule has 3 rings (SSSR count). The third-order valence-corrected chi connectivity index (χ3v) is 5.78. The van der Waals surface area contributed by atoms with Gasteiger partial charge in [0.2, 0.25) is 0 Å². The highest BCUT2D eigenvalue weighted by molar-refractivity contribution is 7.11. The number of nitrogens with one attached hydrogen (secondary N) is 1. The number of hydrogen-bond acceptors (Lipinski definition) is 4. The number of aromatic nitrogens is 1. The topological polar surface area (TPSA) is 34.1 Å². The molecular weight excluding hydrogens is 244 g/mol. The molecule has 1 aromatic heterocycles. The highest BCUT2D eigenvalue weighted by Gasteiger charge is 2.42. The van der Waals surface area contributed by atoms with E-state index in [-0.39, 0.29) is 5.60 Å². The summed E-state index contributed by atoms with van der Waals surface area (Å²) in [6.07, 6.45) is 7.36. The third-order valence-electron chi connectivity index (χ3n) is 4.46. The van der Waals surface area contributed by atoms with Gasteiger partial charge in [-0.05, 0) is 45.6 Å². The Labute approximate surface area is 113 Å². The molecule has 2 aliphatic carbocycles. The van der Waals surface area contributed by atoms with Gasteiger partial charge in [0.25, 0.3) is 0 Å². The summed E-state index contributed by atoms with van der Waals surface area (Å²) in [5.74, 6) is 0.609. The fraction of sp³-hybridized carbons (Fsp3) is 0.786. The van der Waals surface area contributed by atoms with Crippen molar-refractivity contribution in [1.82, 2.24) is 10.3 Å². The van der Waals surface area contributed by atoms with Crippen LogP contribution in [-0.2, 0) is 16.8 Å².